The molecule has 17 heavy (non-hydrogen) atoms. The van der Waals surface area contributed by atoms with Gasteiger partial charge in [0, 0.05) is 34.9 Å². The summed E-state index contributed by atoms with van der Waals surface area (Å²) in [5, 5.41) is 0.871. The van der Waals surface area contributed by atoms with Gasteiger partial charge in [0.1, 0.15) is 5.82 Å². The Morgan fingerprint density at radius 1 is 1.35 bits per heavy atom. The lowest BCUT2D eigenvalue weighted by molar-refractivity contribution is 0.0972. The van der Waals surface area contributed by atoms with Crippen molar-refractivity contribution in [2.24, 2.45) is 0 Å². The third kappa shape index (κ3) is 1.61. The van der Waals surface area contributed by atoms with Gasteiger partial charge < -0.3 is 0 Å². The fraction of sp³-hybridized carbons (Fsp3) is 0.417. The molecule has 0 fully saturated rings. The summed E-state index contributed by atoms with van der Waals surface area (Å²) in [5.74, 6) is 1.04. The summed E-state index contributed by atoms with van der Waals surface area (Å²) in [4.78, 5) is 16.2. The highest BCUT2D eigenvalue weighted by Gasteiger charge is 2.24. The van der Waals surface area contributed by atoms with Gasteiger partial charge in [-0.15, -0.1) is 0 Å². The molecule has 0 atom stereocenters. The molecule has 5 heteroatoms. The van der Waals surface area contributed by atoms with Gasteiger partial charge in [-0.05, 0) is 32.8 Å². The maximum atomic E-state index is 11.8. The SMILES string of the molecule is Cc1nsc(-n2c(C)cc3c2CCCC3=O)n1. The second kappa shape index (κ2) is 3.77. The van der Waals surface area contributed by atoms with Crippen LogP contribution in [0.1, 0.15) is 40.4 Å². The molecule has 1 aliphatic rings. The van der Waals surface area contributed by atoms with Gasteiger partial charge in [0.15, 0.2) is 5.78 Å². The zero-order chi connectivity index (χ0) is 12.0. The molecular formula is C12H13N3OS. The number of ketones is 1. The Morgan fingerprint density at radius 2 is 2.18 bits per heavy atom. The quantitative estimate of drug-likeness (QED) is 0.777. The molecule has 88 valence electrons. The van der Waals surface area contributed by atoms with E-state index in [1.165, 1.54) is 11.5 Å². The molecule has 3 rings (SSSR count). The van der Waals surface area contributed by atoms with Gasteiger partial charge in [-0.2, -0.15) is 4.37 Å². The zero-order valence-corrected chi connectivity index (χ0v) is 10.7. The minimum atomic E-state index is 0.259. The average molecular weight is 247 g/mol. The predicted octanol–water partition coefficient (Wildman–Crippen LogP) is 2.46. The normalized spacial score (nSPS) is 15.1. The molecule has 0 radical (unpaired) electrons. The van der Waals surface area contributed by atoms with Crippen LogP contribution in [-0.2, 0) is 6.42 Å². The standard InChI is InChI=1S/C12H13N3OS/c1-7-6-9-10(4-3-5-11(9)16)15(7)12-13-8(2)14-17-12/h6H,3-5H2,1-2H3. The van der Waals surface area contributed by atoms with Crippen molar-refractivity contribution in [1.29, 1.82) is 0 Å². The maximum absolute atomic E-state index is 11.8. The van der Waals surface area contributed by atoms with Crippen LogP contribution in [0.4, 0.5) is 0 Å². The van der Waals surface area contributed by atoms with Crippen molar-refractivity contribution >= 4 is 17.3 Å². The molecule has 1 aliphatic carbocycles. The van der Waals surface area contributed by atoms with Crippen LogP contribution in [0.15, 0.2) is 6.07 Å². The third-order valence-corrected chi connectivity index (χ3v) is 3.91. The van der Waals surface area contributed by atoms with Crippen molar-refractivity contribution in [1.82, 2.24) is 13.9 Å². The Balaban J connectivity index is 2.20. The number of carbonyl (C=O) groups excluding carboxylic acids is 1. The first kappa shape index (κ1) is 10.7. The fourth-order valence-electron chi connectivity index (χ4n) is 2.37. The van der Waals surface area contributed by atoms with E-state index in [0.29, 0.717) is 6.42 Å². The summed E-state index contributed by atoms with van der Waals surface area (Å²) in [6.07, 6.45) is 2.56. The zero-order valence-electron chi connectivity index (χ0n) is 9.86. The van der Waals surface area contributed by atoms with Crippen molar-refractivity contribution in [2.45, 2.75) is 33.1 Å². The lowest BCUT2D eigenvalue weighted by Gasteiger charge is -2.13. The van der Waals surface area contributed by atoms with Crippen LogP contribution in [0.3, 0.4) is 0 Å². The number of aromatic nitrogens is 3. The van der Waals surface area contributed by atoms with Gasteiger partial charge in [0.2, 0.25) is 5.13 Å². The summed E-state index contributed by atoms with van der Waals surface area (Å²) in [5.41, 5.74) is 3.05. The number of rotatable bonds is 1. The molecule has 0 saturated heterocycles. The Labute approximate surface area is 103 Å². The Kier molecular flexibility index (Phi) is 2.36. The highest BCUT2D eigenvalue weighted by atomic mass is 32.1. The van der Waals surface area contributed by atoms with Crippen LogP contribution in [0, 0.1) is 13.8 Å². The fourth-order valence-corrected chi connectivity index (χ4v) is 3.14. The molecule has 0 N–H and O–H groups in total. The molecule has 2 aromatic heterocycles. The number of Topliss-reactive ketones (excluding diaryl/α,β-unsaturated/α-hetero) is 1. The lowest BCUT2D eigenvalue weighted by atomic mass is 9.97. The summed E-state index contributed by atoms with van der Waals surface area (Å²) in [6.45, 7) is 3.90. The second-order valence-corrected chi connectivity index (χ2v) is 5.11. The Hall–Kier alpha value is -1.49. The Bertz CT molecular complexity index is 597. The smallest absolute Gasteiger partial charge is 0.213 e. The second-order valence-electron chi connectivity index (χ2n) is 4.38. The van der Waals surface area contributed by atoms with E-state index in [1.807, 2.05) is 19.9 Å². The number of fused-ring (bicyclic) bond motifs is 1. The van der Waals surface area contributed by atoms with E-state index >= 15 is 0 Å². The molecule has 0 aliphatic heterocycles. The molecule has 4 nitrogen and oxygen atoms in total. The third-order valence-electron chi connectivity index (χ3n) is 3.11. The highest BCUT2D eigenvalue weighted by molar-refractivity contribution is 7.08. The topological polar surface area (TPSA) is 47.8 Å². The summed E-state index contributed by atoms with van der Waals surface area (Å²) in [7, 11) is 0. The largest absolute Gasteiger partial charge is 0.294 e. The van der Waals surface area contributed by atoms with Crippen molar-refractivity contribution in [3.8, 4) is 5.13 Å². The van der Waals surface area contributed by atoms with Crippen molar-refractivity contribution in [3.63, 3.8) is 0 Å². The van der Waals surface area contributed by atoms with Crippen LogP contribution in [0.2, 0.25) is 0 Å². The number of aryl methyl sites for hydroxylation is 2. The van der Waals surface area contributed by atoms with E-state index < -0.39 is 0 Å². The van der Waals surface area contributed by atoms with E-state index in [2.05, 4.69) is 13.9 Å². The molecule has 0 spiro atoms. The average Bonchev–Trinajstić information content (AvgIpc) is 2.82. The van der Waals surface area contributed by atoms with E-state index in [1.54, 1.807) is 0 Å². The molecule has 0 amide bonds. The summed E-state index contributed by atoms with van der Waals surface area (Å²) >= 11 is 1.39. The van der Waals surface area contributed by atoms with Crippen molar-refractivity contribution in [2.75, 3.05) is 0 Å². The molecule has 2 aromatic rings. The first-order chi connectivity index (χ1) is 8.16. The molecule has 0 saturated carbocycles. The van der Waals surface area contributed by atoms with Crippen LogP contribution in [-0.4, -0.2) is 19.7 Å². The molecule has 2 heterocycles. The number of nitrogens with zero attached hydrogens (tertiary/aromatic N) is 3. The van der Waals surface area contributed by atoms with Crippen LogP contribution in [0.25, 0.3) is 5.13 Å². The minimum Gasteiger partial charge on any atom is -0.294 e. The van der Waals surface area contributed by atoms with Gasteiger partial charge in [0.25, 0.3) is 0 Å². The molecular weight excluding hydrogens is 234 g/mol. The van der Waals surface area contributed by atoms with Crippen LogP contribution < -0.4 is 0 Å². The van der Waals surface area contributed by atoms with Crippen molar-refractivity contribution in [3.05, 3.63) is 28.8 Å². The number of carbonyl (C=O) groups is 1. The van der Waals surface area contributed by atoms with E-state index in [0.717, 1.165) is 40.7 Å². The highest BCUT2D eigenvalue weighted by Crippen LogP contribution is 2.28. The maximum Gasteiger partial charge on any atom is 0.213 e. The lowest BCUT2D eigenvalue weighted by Crippen LogP contribution is -2.12. The van der Waals surface area contributed by atoms with Crippen LogP contribution >= 0.6 is 11.5 Å². The number of hydrogen-bond acceptors (Lipinski definition) is 4. The summed E-state index contributed by atoms with van der Waals surface area (Å²) in [6, 6.07) is 1.98. The summed E-state index contributed by atoms with van der Waals surface area (Å²) < 4.78 is 6.29. The first-order valence-electron chi connectivity index (χ1n) is 5.72. The van der Waals surface area contributed by atoms with E-state index in [-0.39, 0.29) is 5.78 Å². The predicted molar refractivity (Wildman–Crippen MR) is 66.0 cm³/mol. The van der Waals surface area contributed by atoms with Gasteiger partial charge >= 0.3 is 0 Å². The number of hydrogen-bond donors (Lipinski definition) is 0. The van der Waals surface area contributed by atoms with Gasteiger partial charge in [-0.3, -0.25) is 9.36 Å². The van der Waals surface area contributed by atoms with Gasteiger partial charge in [-0.1, -0.05) is 0 Å². The van der Waals surface area contributed by atoms with Crippen molar-refractivity contribution < 1.29 is 4.79 Å². The van der Waals surface area contributed by atoms with E-state index in [9.17, 15) is 4.79 Å². The Morgan fingerprint density at radius 3 is 2.88 bits per heavy atom. The molecule has 0 unspecified atom stereocenters. The van der Waals surface area contributed by atoms with E-state index in [4.69, 9.17) is 0 Å². The first-order valence-corrected chi connectivity index (χ1v) is 6.49. The minimum absolute atomic E-state index is 0.259. The monoisotopic (exact) mass is 247 g/mol. The molecule has 0 aromatic carbocycles. The molecule has 0 bridgehead atoms. The van der Waals surface area contributed by atoms with Gasteiger partial charge in [-0.25, -0.2) is 4.98 Å². The van der Waals surface area contributed by atoms with Crippen LogP contribution in [0.5, 0.6) is 0 Å². The van der Waals surface area contributed by atoms with Gasteiger partial charge in [0.05, 0.1) is 0 Å².